The Kier molecular flexibility index (Phi) is 4.64. The van der Waals surface area contributed by atoms with Crippen molar-refractivity contribution in [2.24, 2.45) is 0 Å². The molecule has 0 spiro atoms. The van der Waals surface area contributed by atoms with Gasteiger partial charge >= 0.3 is 6.18 Å². The highest BCUT2D eigenvalue weighted by atomic mass is 79.9. The third kappa shape index (κ3) is 3.03. The lowest BCUT2D eigenvalue weighted by atomic mass is 10.1. The SMILES string of the molecule is Fc1c(F)c(C(F)Cl)c(F)c(F)c1-c1nc(Br)c(C(F)(F)F)[nH]1. The summed E-state index contributed by atoms with van der Waals surface area (Å²) in [5.41, 5.74) is -7.72. The molecule has 126 valence electrons. The van der Waals surface area contributed by atoms with Crippen molar-refractivity contribution in [1.29, 1.82) is 0 Å². The van der Waals surface area contributed by atoms with Gasteiger partial charge in [0.2, 0.25) is 5.63 Å². The number of halogens is 10. The van der Waals surface area contributed by atoms with E-state index in [0.29, 0.717) is 0 Å². The lowest BCUT2D eigenvalue weighted by Crippen LogP contribution is -2.08. The van der Waals surface area contributed by atoms with E-state index in [2.05, 4.69) is 20.9 Å². The van der Waals surface area contributed by atoms with Crippen LogP contribution in [0.15, 0.2) is 4.60 Å². The molecule has 0 bridgehead atoms. The molecular formula is C11H2BrClF8N2. The van der Waals surface area contributed by atoms with E-state index in [1.165, 1.54) is 4.98 Å². The minimum Gasteiger partial charge on any atom is -0.333 e. The Bertz CT molecular complexity index is 741. The molecule has 2 nitrogen and oxygen atoms in total. The number of nitrogens with zero attached hydrogens (tertiary/aromatic N) is 1. The quantitative estimate of drug-likeness (QED) is 0.375. The summed E-state index contributed by atoms with van der Waals surface area (Å²) in [4.78, 5) is 4.63. The number of nitrogens with one attached hydrogen (secondary N) is 1. The van der Waals surface area contributed by atoms with Gasteiger partial charge in [-0.05, 0) is 15.9 Å². The maximum absolute atomic E-state index is 13.8. The summed E-state index contributed by atoms with van der Waals surface area (Å²) in [5.74, 6) is -9.78. The van der Waals surface area contributed by atoms with Crippen LogP contribution >= 0.6 is 27.5 Å². The van der Waals surface area contributed by atoms with E-state index in [0.717, 1.165) is 0 Å². The van der Waals surface area contributed by atoms with E-state index in [1.807, 2.05) is 0 Å². The van der Waals surface area contributed by atoms with Crippen molar-refractivity contribution in [3.8, 4) is 11.4 Å². The summed E-state index contributed by atoms with van der Waals surface area (Å²) in [6.45, 7) is 0. The molecule has 0 amide bonds. The molecule has 0 fully saturated rings. The van der Waals surface area contributed by atoms with Crippen LogP contribution in [0.2, 0.25) is 0 Å². The predicted molar refractivity (Wildman–Crippen MR) is 66.3 cm³/mol. The second kappa shape index (κ2) is 5.93. The molecule has 1 N–H and O–H groups in total. The van der Waals surface area contributed by atoms with E-state index in [1.54, 1.807) is 0 Å². The van der Waals surface area contributed by atoms with Crippen molar-refractivity contribution >= 4 is 27.5 Å². The maximum Gasteiger partial charge on any atom is 0.433 e. The summed E-state index contributed by atoms with van der Waals surface area (Å²) in [5, 5.41) is 0. The molecule has 0 radical (unpaired) electrons. The highest BCUT2D eigenvalue weighted by Crippen LogP contribution is 2.39. The van der Waals surface area contributed by atoms with Crippen LogP contribution in [0.5, 0.6) is 0 Å². The van der Waals surface area contributed by atoms with E-state index in [-0.39, 0.29) is 0 Å². The van der Waals surface area contributed by atoms with Gasteiger partial charge in [-0.15, -0.1) is 0 Å². The normalized spacial score (nSPS) is 13.5. The van der Waals surface area contributed by atoms with Crippen LogP contribution in [-0.2, 0) is 6.18 Å². The van der Waals surface area contributed by atoms with Gasteiger partial charge in [-0.1, -0.05) is 11.6 Å². The molecule has 0 aliphatic carbocycles. The fourth-order valence-corrected chi connectivity index (χ4v) is 2.40. The van der Waals surface area contributed by atoms with Crippen LogP contribution in [0.3, 0.4) is 0 Å². The van der Waals surface area contributed by atoms with Gasteiger partial charge in [0.25, 0.3) is 0 Å². The Morgan fingerprint density at radius 3 is 1.83 bits per heavy atom. The van der Waals surface area contributed by atoms with Gasteiger partial charge in [0.05, 0.1) is 11.1 Å². The highest BCUT2D eigenvalue weighted by molar-refractivity contribution is 9.10. The zero-order valence-electron chi connectivity index (χ0n) is 10.3. The first-order chi connectivity index (χ1) is 10.5. The number of hydrogen-bond acceptors (Lipinski definition) is 1. The predicted octanol–water partition coefficient (Wildman–Crippen LogP) is 5.62. The van der Waals surface area contributed by atoms with Crippen molar-refractivity contribution in [1.82, 2.24) is 9.97 Å². The Labute approximate surface area is 135 Å². The molecule has 1 unspecified atom stereocenters. The standard InChI is InChI=1S/C11H2BrClF8N2/c12-8-7(11(19,20)21)22-10(23-8)2-5(16)3(14)1(9(13)18)4(15)6(2)17/h9H,(H,22,23). The zero-order chi connectivity index (χ0) is 17.7. The molecule has 0 aliphatic heterocycles. The Morgan fingerprint density at radius 1 is 1.00 bits per heavy atom. The van der Waals surface area contributed by atoms with Gasteiger partial charge in [-0.2, -0.15) is 13.2 Å². The maximum atomic E-state index is 13.8. The van der Waals surface area contributed by atoms with Crippen LogP contribution in [0, 0.1) is 23.3 Å². The highest BCUT2D eigenvalue weighted by Gasteiger charge is 2.38. The Morgan fingerprint density at radius 2 is 1.48 bits per heavy atom. The number of hydrogen-bond donors (Lipinski definition) is 1. The molecule has 1 aromatic heterocycles. The number of H-pyrrole nitrogens is 1. The lowest BCUT2D eigenvalue weighted by molar-refractivity contribution is -0.141. The average Bonchev–Trinajstić information content (AvgIpc) is 2.78. The molecule has 2 aromatic rings. The van der Waals surface area contributed by atoms with Gasteiger partial charge in [0.15, 0.2) is 29.0 Å². The van der Waals surface area contributed by atoms with Crippen molar-refractivity contribution in [2.75, 3.05) is 0 Å². The molecule has 1 heterocycles. The summed E-state index contributed by atoms with van der Waals surface area (Å²) >= 11 is 7.18. The topological polar surface area (TPSA) is 28.7 Å². The minimum atomic E-state index is -4.98. The van der Waals surface area contributed by atoms with Crippen LogP contribution < -0.4 is 0 Å². The number of rotatable bonds is 2. The monoisotopic (exact) mass is 428 g/mol. The third-order valence-electron chi connectivity index (χ3n) is 2.70. The molecule has 0 saturated carbocycles. The number of aromatic nitrogens is 2. The molecule has 0 saturated heterocycles. The number of imidazole rings is 1. The zero-order valence-corrected chi connectivity index (χ0v) is 12.6. The summed E-state index contributed by atoms with van der Waals surface area (Å²) in [6, 6.07) is 0. The first-order valence-electron chi connectivity index (χ1n) is 5.43. The van der Waals surface area contributed by atoms with Gasteiger partial charge in [0, 0.05) is 0 Å². The van der Waals surface area contributed by atoms with Crippen molar-refractivity contribution in [3.63, 3.8) is 0 Å². The first-order valence-corrected chi connectivity index (χ1v) is 6.66. The van der Waals surface area contributed by atoms with Crippen LogP contribution in [0.4, 0.5) is 35.1 Å². The minimum absolute atomic E-state index is 0.885. The molecule has 0 aliphatic rings. The first kappa shape index (κ1) is 18.0. The van der Waals surface area contributed by atoms with E-state index < -0.39 is 62.3 Å². The van der Waals surface area contributed by atoms with E-state index in [9.17, 15) is 35.1 Å². The smallest absolute Gasteiger partial charge is 0.333 e. The molecule has 1 atom stereocenters. The number of alkyl halides is 5. The average molecular weight is 429 g/mol. The fraction of sp³-hybridized carbons (Fsp3) is 0.182. The lowest BCUT2D eigenvalue weighted by Gasteiger charge is -2.10. The largest absolute Gasteiger partial charge is 0.433 e. The van der Waals surface area contributed by atoms with Crippen molar-refractivity contribution in [2.45, 2.75) is 11.8 Å². The third-order valence-corrected chi connectivity index (χ3v) is 3.49. The summed E-state index contributed by atoms with van der Waals surface area (Å²) < 4.78 is 105. The van der Waals surface area contributed by atoms with Gasteiger partial charge in [0.1, 0.15) is 10.4 Å². The molecule has 2 rings (SSSR count). The van der Waals surface area contributed by atoms with Crippen LogP contribution in [0.1, 0.15) is 16.9 Å². The molecule has 1 aromatic carbocycles. The van der Waals surface area contributed by atoms with Gasteiger partial charge < -0.3 is 4.98 Å². The van der Waals surface area contributed by atoms with E-state index in [4.69, 9.17) is 11.6 Å². The van der Waals surface area contributed by atoms with Crippen molar-refractivity contribution < 1.29 is 35.1 Å². The molecule has 12 heteroatoms. The fourth-order valence-electron chi connectivity index (χ4n) is 1.71. The second-order valence-corrected chi connectivity index (χ2v) is 5.23. The Hall–Kier alpha value is -1.36. The van der Waals surface area contributed by atoms with Gasteiger partial charge in [-0.25, -0.2) is 26.9 Å². The molecule has 23 heavy (non-hydrogen) atoms. The van der Waals surface area contributed by atoms with Crippen LogP contribution in [-0.4, -0.2) is 9.97 Å². The van der Waals surface area contributed by atoms with Gasteiger partial charge in [-0.3, -0.25) is 0 Å². The number of benzene rings is 1. The Balaban J connectivity index is 2.76. The summed E-state index contributed by atoms with van der Waals surface area (Å²) in [6.07, 6.45) is -4.98. The van der Waals surface area contributed by atoms with E-state index >= 15 is 0 Å². The van der Waals surface area contributed by atoms with Crippen molar-refractivity contribution in [3.05, 3.63) is 39.1 Å². The number of aromatic amines is 1. The summed E-state index contributed by atoms with van der Waals surface area (Å²) in [7, 11) is 0. The second-order valence-electron chi connectivity index (χ2n) is 4.09. The van der Waals surface area contributed by atoms with Crippen LogP contribution in [0.25, 0.3) is 11.4 Å². The molecular weight excluding hydrogens is 427 g/mol.